The van der Waals surface area contributed by atoms with Crippen LogP contribution in [0.4, 0.5) is 4.79 Å². The van der Waals surface area contributed by atoms with E-state index >= 15 is 0 Å². The van der Waals surface area contributed by atoms with Gasteiger partial charge in [-0.25, -0.2) is 4.79 Å². The summed E-state index contributed by atoms with van der Waals surface area (Å²) in [4.78, 5) is 25.9. The van der Waals surface area contributed by atoms with E-state index < -0.39 is 0 Å². The van der Waals surface area contributed by atoms with E-state index in [2.05, 4.69) is 10.6 Å². The minimum absolute atomic E-state index is 0.213. The van der Waals surface area contributed by atoms with Crippen molar-refractivity contribution in [1.82, 2.24) is 15.5 Å². The minimum Gasteiger partial charge on any atom is -0.335 e. The van der Waals surface area contributed by atoms with E-state index in [4.69, 9.17) is 0 Å². The third kappa shape index (κ3) is 4.84. The fourth-order valence-corrected chi connectivity index (χ4v) is 2.72. The van der Waals surface area contributed by atoms with Crippen LogP contribution in [0.25, 0.3) is 0 Å². The summed E-state index contributed by atoms with van der Waals surface area (Å²) in [6.07, 6.45) is 4.31. The van der Waals surface area contributed by atoms with E-state index in [0.717, 1.165) is 31.2 Å². The molecule has 2 rings (SSSR count). The van der Waals surface area contributed by atoms with E-state index in [1.807, 2.05) is 42.3 Å². The molecule has 22 heavy (non-hydrogen) atoms. The van der Waals surface area contributed by atoms with Gasteiger partial charge in [0.25, 0.3) is 0 Å². The topological polar surface area (TPSA) is 61.4 Å². The maximum Gasteiger partial charge on any atom is 0.321 e. The van der Waals surface area contributed by atoms with Gasteiger partial charge >= 0.3 is 6.03 Å². The summed E-state index contributed by atoms with van der Waals surface area (Å²) < 4.78 is 0. The van der Waals surface area contributed by atoms with E-state index in [1.165, 1.54) is 0 Å². The van der Waals surface area contributed by atoms with Gasteiger partial charge in [0.1, 0.15) is 0 Å². The fraction of sp³-hybridized carbons (Fsp3) is 0.529. The summed E-state index contributed by atoms with van der Waals surface area (Å²) in [5.74, 6) is -0.270. The van der Waals surface area contributed by atoms with Crippen molar-refractivity contribution in [3.8, 4) is 0 Å². The number of amides is 3. The van der Waals surface area contributed by atoms with Crippen LogP contribution in [-0.2, 0) is 11.3 Å². The van der Waals surface area contributed by atoms with Crippen LogP contribution in [-0.4, -0.2) is 36.0 Å². The van der Waals surface area contributed by atoms with E-state index in [1.54, 1.807) is 6.92 Å². The number of likely N-dealkylation sites (N-methyl/N-ethyl adjacent to an activating group) is 1. The molecule has 2 N–H and O–H groups in total. The maximum atomic E-state index is 12.1. The highest BCUT2D eigenvalue weighted by molar-refractivity contribution is 5.96. The Hall–Kier alpha value is -1.88. The highest BCUT2D eigenvalue weighted by atomic mass is 16.2. The molecule has 1 unspecified atom stereocenters. The lowest BCUT2D eigenvalue weighted by Gasteiger charge is -2.24. The zero-order valence-corrected chi connectivity index (χ0v) is 13.3. The van der Waals surface area contributed by atoms with Gasteiger partial charge < -0.3 is 5.32 Å². The van der Waals surface area contributed by atoms with Gasteiger partial charge in [-0.3, -0.25) is 15.0 Å². The molecule has 0 saturated heterocycles. The van der Waals surface area contributed by atoms with Gasteiger partial charge in [0.2, 0.25) is 5.91 Å². The minimum atomic E-state index is -0.378. The van der Waals surface area contributed by atoms with Gasteiger partial charge in [0, 0.05) is 12.6 Å². The van der Waals surface area contributed by atoms with E-state index in [9.17, 15) is 9.59 Å². The number of imide groups is 1. The number of hydrogen-bond donors (Lipinski definition) is 2. The molecule has 0 radical (unpaired) electrons. The van der Waals surface area contributed by atoms with Crippen LogP contribution >= 0.6 is 0 Å². The Morgan fingerprint density at radius 3 is 2.50 bits per heavy atom. The number of carbonyl (C=O) groups is 2. The van der Waals surface area contributed by atoms with E-state index in [0.29, 0.717) is 6.54 Å². The predicted molar refractivity (Wildman–Crippen MR) is 86.3 cm³/mol. The molecule has 1 fully saturated rings. The first-order chi connectivity index (χ1) is 10.6. The number of hydrogen-bond acceptors (Lipinski definition) is 3. The van der Waals surface area contributed by atoms with Crippen molar-refractivity contribution in [2.24, 2.45) is 0 Å². The van der Waals surface area contributed by atoms with Crippen LogP contribution in [0, 0.1) is 0 Å². The Labute approximate surface area is 132 Å². The number of carbonyl (C=O) groups excluding carboxylic acids is 2. The first kappa shape index (κ1) is 16.5. The predicted octanol–water partition coefficient (Wildman–Crippen LogP) is 2.28. The molecule has 1 saturated carbocycles. The molecule has 1 atom stereocenters. The molecule has 5 heteroatoms. The molecule has 0 bridgehead atoms. The first-order valence-electron chi connectivity index (χ1n) is 7.92. The van der Waals surface area contributed by atoms with Crippen molar-refractivity contribution in [3.05, 3.63) is 35.9 Å². The monoisotopic (exact) mass is 303 g/mol. The van der Waals surface area contributed by atoms with Crippen molar-refractivity contribution in [1.29, 1.82) is 0 Å². The first-order valence-corrected chi connectivity index (χ1v) is 7.92. The van der Waals surface area contributed by atoms with Crippen LogP contribution in [0.2, 0.25) is 0 Å². The number of nitrogens with zero attached hydrogens (tertiary/aromatic N) is 1. The zero-order valence-electron chi connectivity index (χ0n) is 13.3. The molecule has 120 valence electrons. The molecule has 1 aliphatic rings. The van der Waals surface area contributed by atoms with Crippen molar-refractivity contribution >= 4 is 11.9 Å². The molecule has 0 aromatic heterocycles. The second-order valence-corrected chi connectivity index (χ2v) is 6.02. The Balaban J connectivity index is 1.79. The Morgan fingerprint density at radius 2 is 1.86 bits per heavy atom. The van der Waals surface area contributed by atoms with Gasteiger partial charge in [0.15, 0.2) is 0 Å². The molecule has 1 aromatic rings. The summed E-state index contributed by atoms with van der Waals surface area (Å²) in [6, 6.07) is 9.43. The lowest BCUT2D eigenvalue weighted by Crippen LogP contribution is -2.50. The Bertz CT molecular complexity index is 498. The zero-order chi connectivity index (χ0) is 15.9. The van der Waals surface area contributed by atoms with Gasteiger partial charge in [-0.05, 0) is 32.4 Å². The molecule has 1 aliphatic carbocycles. The SMILES string of the molecule is CC(C(=O)NC(=O)NC1CCCC1)N(C)Cc1ccccc1. The summed E-state index contributed by atoms with van der Waals surface area (Å²) in [5.41, 5.74) is 1.14. The van der Waals surface area contributed by atoms with Crippen LogP contribution in [0.15, 0.2) is 30.3 Å². The summed E-state index contributed by atoms with van der Waals surface area (Å²) >= 11 is 0. The quantitative estimate of drug-likeness (QED) is 0.877. The lowest BCUT2D eigenvalue weighted by atomic mass is 10.2. The summed E-state index contributed by atoms with van der Waals surface area (Å²) in [5, 5.41) is 5.31. The lowest BCUT2D eigenvalue weighted by molar-refractivity contribution is -0.124. The molecule has 1 aromatic carbocycles. The summed E-state index contributed by atoms with van der Waals surface area (Å²) in [6.45, 7) is 2.47. The Morgan fingerprint density at radius 1 is 1.23 bits per heavy atom. The highest BCUT2D eigenvalue weighted by Crippen LogP contribution is 2.17. The smallest absolute Gasteiger partial charge is 0.321 e. The molecular weight excluding hydrogens is 278 g/mol. The summed E-state index contributed by atoms with van der Waals surface area (Å²) in [7, 11) is 1.88. The third-order valence-electron chi connectivity index (χ3n) is 4.24. The third-order valence-corrected chi connectivity index (χ3v) is 4.24. The Kier molecular flexibility index (Phi) is 5.95. The van der Waals surface area contributed by atoms with Crippen molar-refractivity contribution in [2.75, 3.05) is 7.05 Å². The van der Waals surface area contributed by atoms with Gasteiger partial charge in [-0.1, -0.05) is 43.2 Å². The molecule has 0 aliphatic heterocycles. The second kappa shape index (κ2) is 7.94. The molecular formula is C17H25N3O2. The van der Waals surface area contributed by atoms with Crippen LogP contribution in [0.3, 0.4) is 0 Å². The van der Waals surface area contributed by atoms with Gasteiger partial charge in [-0.15, -0.1) is 0 Å². The number of urea groups is 1. The standard InChI is InChI=1S/C17H25N3O2/c1-13(20(2)12-14-8-4-3-5-9-14)16(21)19-17(22)18-15-10-6-7-11-15/h3-5,8-9,13,15H,6-7,10-12H2,1-2H3,(H2,18,19,21,22). The molecule has 5 nitrogen and oxygen atoms in total. The van der Waals surface area contributed by atoms with E-state index in [-0.39, 0.29) is 24.0 Å². The highest BCUT2D eigenvalue weighted by Gasteiger charge is 2.22. The maximum absolute atomic E-state index is 12.1. The number of benzene rings is 1. The average Bonchev–Trinajstić information content (AvgIpc) is 3.00. The number of nitrogens with one attached hydrogen (secondary N) is 2. The van der Waals surface area contributed by atoms with Crippen LogP contribution < -0.4 is 10.6 Å². The fourth-order valence-electron chi connectivity index (χ4n) is 2.72. The van der Waals surface area contributed by atoms with Gasteiger partial charge in [0.05, 0.1) is 6.04 Å². The molecule has 0 heterocycles. The number of rotatable bonds is 5. The van der Waals surface area contributed by atoms with Crippen molar-refractivity contribution in [2.45, 2.75) is 51.2 Å². The van der Waals surface area contributed by atoms with Crippen molar-refractivity contribution < 1.29 is 9.59 Å². The van der Waals surface area contributed by atoms with Crippen LogP contribution in [0.1, 0.15) is 38.2 Å². The average molecular weight is 303 g/mol. The van der Waals surface area contributed by atoms with Gasteiger partial charge in [-0.2, -0.15) is 0 Å². The molecule has 0 spiro atoms. The normalized spacial score (nSPS) is 16.5. The van der Waals surface area contributed by atoms with Crippen molar-refractivity contribution in [3.63, 3.8) is 0 Å². The molecule has 3 amide bonds. The van der Waals surface area contributed by atoms with Crippen LogP contribution in [0.5, 0.6) is 0 Å². The largest absolute Gasteiger partial charge is 0.335 e. The second-order valence-electron chi connectivity index (χ2n) is 6.02.